The van der Waals surface area contributed by atoms with Crippen molar-refractivity contribution in [3.63, 3.8) is 0 Å². The smallest absolute Gasteiger partial charge is 0.228 e. The number of rotatable bonds is 3. The Morgan fingerprint density at radius 1 is 0.867 bits per heavy atom. The van der Waals surface area contributed by atoms with Gasteiger partial charge in [-0.3, -0.25) is 0 Å². The second-order valence-corrected chi connectivity index (χ2v) is 7.35. The largest absolute Gasteiger partial charge is 0.508 e. The van der Waals surface area contributed by atoms with E-state index in [1.807, 2.05) is 0 Å². The maximum absolute atomic E-state index is 10.6. The van der Waals surface area contributed by atoms with Gasteiger partial charge in [-0.25, -0.2) is 0 Å². The number of aromatic hydroxyl groups is 3. The summed E-state index contributed by atoms with van der Waals surface area (Å²) in [4.78, 5) is 0. The number of hydrogen-bond donors (Lipinski definition) is 7. The van der Waals surface area contributed by atoms with Gasteiger partial charge in [-0.2, -0.15) is 0 Å². The molecule has 0 bridgehead atoms. The summed E-state index contributed by atoms with van der Waals surface area (Å²) in [6, 6.07) is 6.63. The molecule has 4 rings (SSSR count). The predicted octanol–water partition coefficient (Wildman–Crippen LogP) is -0.342. The molecule has 1 saturated heterocycles. The van der Waals surface area contributed by atoms with Gasteiger partial charge in [0.2, 0.25) is 6.29 Å². The third-order valence-corrected chi connectivity index (χ3v) is 5.19. The quantitative estimate of drug-likeness (QED) is 0.325. The summed E-state index contributed by atoms with van der Waals surface area (Å²) in [7, 11) is 0. The third kappa shape index (κ3) is 3.71. The topological polar surface area (TPSA) is 169 Å². The molecule has 2 aromatic rings. The lowest BCUT2D eigenvalue weighted by atomic mass is 9.93. The highest BCUT2D eigenvalue weighted by molar-refractivity contribution is 5.52. The van der Waals surface area contributed by atoms with E-state index in [2.05, 4.69) is 0 Å². The number of fused-ring (bicyclic) bond motifs is 1. The number of ether oxygens (including phenoxy) is 3. The van der Waals surface area contributed by atoms with Gasteiger partial charge in [-0.1, -0.05) is 6.07 Å². The van der Waals surface area contributed by atoms with E-state index in [1.165, 1.54) is 30.3 Å². The molecule has 0 amide bonds. The van der Waals surface area contributed by atoms with Crippen LogP contribution < -0.4 is 9.47 Å². The van der Waals surface area contributed by atoms with E-state index < -0.39 is 36.8 Å². The van der Waals surface area contributed by atoms with Crippen molar-refractivity contribution in [1.29, 1.82) is 0 Å². The molecule has 2 aliphatic rings. The Hall–Kier alpha value is -2.76. The molecule has 0 unspecified atom stereocenters. The van der Waals surface area contributed by atoms with E-state index in [-0.39, 0.29) is 41.8 Å². The van der Waals surface area contributed by atoms with Crippen LogP contribution in [0.1, 0.15) is 17.2 Å². The Balaban J connectivity index is 1.61. The minimum atomic E-state index is -1.53. The third-order valence-electron chi connectivity index (χ3n) is 5.19. The highest BCUT2D eigenvalue weighted by Gasteiger charge is 2.40. The van der Waals surface area contributed by atoms with Crippen molar-refractivity contribution in [2.75, 3.05) is 6.61 Å². The Labute approximate surface area is 170 Å². The summed E-state index contributed by atoms with van der Waals surface area (Å²) in [5.41, 5.74) is 0.813. The normalized spacial score (nSPS) is 30.9. The van der Waals surface area contributed by atoms with Crippen molar-refractivity contribution in [2.24, 2.45) is 0 Å². The molecule has 0 radical (unpaired) electrons. The highest BCUT2D eigenvalue weighted by atomic mass is 16.7. The first-order valence-electron chi connectivity index (χ1n) is 9.29. The molecule has 30 heavy (non-hydrogen) atoms. The lowest BCUT2D eigenvalue weighted by Gasteiger charge is -2.36. The van der Waals surface area contributed by atoms with Gasteiger partial charge in [0.1, 0.15) is 41.7 Å². The van der Waals surface area contributed by atoms with Crippen molar-refractivity contribution < 1.29 is 50.0 Å². The van der Waals surface area contributed by atoms with E-state index >= 15 is 0 Å². The van der Waals surface area contributed by atoms with Gasteiger partial charge in [0, 0.05) is 24.1 Å². The Morgan fingerprint density at radius 3 is 2.37 bits per heavy atom. The minimum Gasteiger partial charge on any atom is -0.508 e. The maximum atomic E-state index is 10.6. The van der Waals surface area contributed by atoms with Gasteiger partial charge in [-0.05, 0) is 17.7 Å². The molecule has 2 aromatic carbocycles. The van der Waals surface area contributed by atoms with E-state index in [0.29, 0.717) is 11.1 Å². The summed E-state index contributed by atoms with van der Waals surface area (Å²) in [6.07, 6.45) is -7.46. The second kappa shape index (κ2) is 7.82. The van der Waals surface area contributed by atoms with Crippen LogP contribution in [0.2, 0.25) is 0 Å². The van der Waals surface area contributed by atoms with Crippen molar-refractivity contribution in [3.05, 3.63) is 41.5 Å². The zero-order chi connectivity index (χ0) is 21.6. The van der Waals surface area contributed by atoms with Crippen LogP contribution in [-0.2, 0) is 11.2 Å². The molecule has 0 aliphatic carbocycles. The van der Waals surface area contributed by atoms with E-state index in [1.54, 1.807) is 0 Å². The monoisotopic (exact) mass is 422 g/mol. The number of aliphatic hydroxyl groups is 4. The Bertz CT molecular complexity index is 932. The first kappa shape index (κ1) is 20.5. The maximum Gasteiger partial charge on any atom is 0.228 e. The van der Waals surface area contributed by atoms with Crippen LogP contribution in [0.15, 0.2) is 30.3 Å². The van der Waals surface area contributed by atoms with Crippen LogP contribution in [0.5, 0.6) is 28.7 Å². The second-order valence-electron chi connectivity index (χ2n) is 7.35. The van der Waals surface area contributed by atoms with E-state index in [4.69, 9.17) is 14.2 Å². The Morgan fingerprint density at radius 2 is 1.63 bits per heavy atom. The summed E-state index contributed by atoms with van der Waals surface area (Å²) in [6.45, 7) is -0.255. The molecule has 6 atom stereocenters. The van der Waals surface area contributed by atoms with Gasteiger partial charge in [-0.15, -0.1) is 0 Å². The van der Waals surface area contributed by atoms with Crippen molar-refractivity contribution in [2.45, 2.75) is 43.2 Å². The molecular weight excluding hydrogens is 400 g/mol. The van der Waals surface area contributed by atoms with Crippen molar-refractivity contribution in [1.82, 2.24) is 0 Å². The number of hydrogen-bond acceptors (Lipinski definition) is 10. The molecule has 2 aliphatic heterocycles. The number of aliphatic hydroxyl groups excluding tert-OH is 4. The van der Waals surface area contributed by atoms with Crippen LogP contribution in [0.4, 0.5) is 0 Å². The molecule has 10 heteroatoms. The number of phenolic OH excluding ortho intramolecular Hbond substituents is 3. The van der Waals surface area contributed by atoms with Crippen LogP contribution in [-0.4, -0.2) is 73.1 Å². The van der Waals surface area contributed by atoms with E-state index in [9.17, 15) is 35.7 Å². The zero-order valence-corrected chi connectivity index (χ0v) is 15.6. The van der Waals surface area contributed by atoms with Crippen molar-refractivity contribution >= 4 is 0 Å². The Kier molecular flexibility index (Phi) is 5.35. The summed E-state index contributed by atoms with van der Waals surface area (Å²) < 4.78 is 16.7. The number of phenols is 3. The lowest BCUT2D eigenvalue weighted by Crippen LogP contribution is -2.54. The summed E-state index contributed by atoms with van der Waals surface area (Å²) >= 11 is 0. The van der Waals surface area contributed by atoms with Gasteiger partial charge >= 0.3 is 0 Å². The fourth-order valence-electron chi connectivity index (χ4n) is 3.56. The molecular formula is C20H22O10. The highest BCUT2D eigenvalue weighted by Crippen LogP contribution is 2.43. The standard InChI is InChI=1S/C20H22O10/c21-9-4-15-10(16(5-9)30-20-18(27)17(26)14(25)7-28-20)6-13(24)19(29-15)8-1-2-11(22)12(23)3-8/h1-5,13-14,17-27H,6-7H2/t13-,14-,17+,18-,19-,20+/m1/s1. The molecule has 0 saturated carbocycles. The first-order valence-corrected chi connectivity index (χ1v) is 9.29. The summed E-state index contributed by atoms with van der Waals surface area (Å²) in [5, 5.41) is 69.4. The zero-order valence-electron chi connectivity index (χ0n) is 15.6. The molecule has 0 spiro atoms. The van der Waals surface area contributed by atoms with Crippen LogP contribution >= 0.6 is 0 Å². The SMILES string of the molecule is Oc1cc(O[C@@H]2OC[C@@H](O)[C@H](O)[C@H]2O)c2c(c1)O[C@H](c1ccc(O)c(O)c1)[C@H](O)C2. The lowest BCUT2D eigenvalue weighted by molar-refractivity contribution is -0.242. The predicted molar refractivity (Wildman–Crippen MR) is 99.3 cm³/mol. The van der Waals surface area contributed by atoms with Gasteiger partial charge in [0.25, 0.3) is 0 Å². The van der Waals surface area contributed by atoms with Gasteiger partial charge < -0.3 is 50.0 Å². The average Bonchev–Trinajstić information content (AvgIpc) is 2.70. The van der Waals surface area contributed by atoms with Crippen LogP contribution in [0.25, 0.3) is 0 Å². The molecule has 1 fully saturated rings. The van der Waals surface area contributed by atoms with E-state index in [0.717, 1.165) is 0 Å². The minimum absolute atomic E-state index is 0.0469. The molecule has 2 heterocycles. The van der Waals surface area contributed by atoms with Crippen LogP contribution in [0.3, 0.4) is 0 Å². The molecule has 0 aromatic heterocycles. The van der Waals surface area contributed by atoms with Gasteiger partial charge in [0.15, 0.2) is 11.5 Å². The fraction of sp³-hybridized carbons (Fsp3) is 0.400. The average molecular weight is 422 g/mol. The molecule has 162 valence electrons. The molecule has 7 N–H and O–H groups in total. The summed E-state index contributed by atoms with van der Waals surface area (Å²) in [5.74, 6) is -0.602. The van der Waals surface area contributed by atoms with Gasteiger partial charge in [0.05, 0.1) is 12.7 Å². The fourth-order valence-corrected chi connectivity index (χ4v) is 3.56. The van der Waals surface area contributed by atoms with Crippen molar-refractivity contribution in [3.8, 4) is 28.7 Å². The van der Waals surface area contributed by atoms with Crippen LogP contribution in [0, 0.1) is 0 Å². The number of benzene rings is 2. The molecule has 10 nitrogen and oxygen atoms in total. The first-order chi connectivity index (χ1) is 14.2.